The number of allylic oxidation sites excluding steroid dienone is 1. The van der Waals surface area contributed by atoms with Gasteiger partial charge >= 0.3 is 0 Å². The predicted octanol–water partition coefficient (Wildman–Crippen LogP) is 5.28. The zero-order chi connectivity index (χ0) is 25.2. The summed E-state index contributed by atoms with van der Waals surface area (Å²) in [6, 6.07) is 20.4. The fraction of sp³-hybridized carbons (Fsp3) is 0.300. The van der Waals surface area contributed by atoms with Crippen molar-refractivity contribution < 1.29 is 19.4 Å². The zero-order valence-electron chi connectivity index (χ0n) is 20.7. The Morgan fingerprint density at radius 3 is 2.61 bits per heavy atom. The molecule has 5 rings (SSSR count). The number of hydrogen-bond acceptors (Lipinski definition) is 5. The smallest absolute Gasteiger partial charge is 0.248 e. The molecule has 3 N–H and O–H groups in total. The molecule has 0 unspecified atom stereocenters. The molecule has 0 bridgehead atoms. The van der Waals surface area contributed by atoms with E-state index >= 15 is 0 Å². The molecule has 0 saturated carbocycles. The summed E-state index contributed by atoms with van der Waals surface area (Å²) >= 11 is 0. The Morgan fingerprint density at radius 1 is 1.11 bits per heavy atom. The van der Waals surface area contributed by atoms with Gasteiger partial charge in [0, 0.05) is 36.3 Å². The highest BCUT2D eigenvalue weighted by Gasteiger charge is 2.30. The highest BCUT2D eigenvalue weighted by Crippen LogP contribution is 2.47. The molecule has 0 aromatic heterocycles. The van der Waals surface area contributed by atoms with E-state index in [0.717, 1.165) is 46.0 Å². The number of amides is 1. The van der Waals surface area contributed by atoms with E-state index in [1.165, 1.54) is 19.5 Å². The number of carbonyl (C=O) groups is 1. The number of fused-ring (bicyclic) bond motifs is 1. The first-order valence-electron chi connectivity index (χ1n) is 12.5. The van der Waals surface area contributed by atoms with Crippen molar-refractivity contribution in [3.05, 3.63) is 89.0 Å². The van der Waals surface area contributed by atoms with E-state index in [-0.39, 0.29) is 5.75 Å². The average molecular weight is 485 g/mol. The maximum absolute atomic E-state index is 11.9. The number of phenolic OH excluding ortho intramolecular Hbond substituents is 1. The first kappa shape index (κ1) is 23.9. The van der Waals surface area contributed by atoms with Gasteiger partial charge in [-0.25, -0.2) is 0 Å². The number of nitrogens with two attached hydrogens (primary N) is 1. The molecule has 186 valence electrons. The van der Waals surface area contributed by atoms with Crippen molar-refractivity contribution in [3.8, 4) is 17.2 Å². The normalized spacial score (nSPS) is 17.8. The number of nitrogens with zero attached hydrogens (tertiary/aromatic N) is 1. The molecule has 1 fully saturated rings. The molecule has 2 aliphatic rings. The Kier molecular flexibility index (Phi) is 6.70. The van der Waals surface area contributed by atoms with Gasteiger partial charge in [-0.1, -0.05) is 37.6 Å². The van der Waals surface area contributed by atoms with Crippen molar-refractivity contribution in [1.82, 2.24) is 4.90 Å². The van der Waals surface area contributed by atoms with Crippen LogP contribution in [0.1, 0.15) is 53.4 Å². The summed E-state index contributed by atoms with van der Waals surface area (Å²) in [6.07, 6.45) is 0.849. The van der Waals surface area contributed by atoms with Crippen LogP contribution in [0.4, 0.5) is 0 Å². The van der Waals surface area contributed by atoms with E-state index in [1.54, 1.807) is 30.3 Å². The summed E-state index contributed by atoms with van der Waals surface area (Å²) in [6.45, 7) is 8.20. The minimum atomic E-state index is -0.480. The minimum absolute atomic E-state index is 0.172. The molecular formula is C30H32N2O4. The van der Waals surface area contributed by atoms with Crippen molar-refractivity contribution in [3.63, 3.8) is 0 Å². The summed E-state index contributed by atoms with van der Waals surface area (Å²) in [4.78, 5) is 14.3. The number of carbonyl (C=O) groups excluding carboxylic acids is 1. The first-order valence-corrected chi connectivity index (χ1v) is 12.5. The van der Waals surface area contributed by atoms with Crippen LogP contribution in [0.5, 0.6) is 17.2 Å². The van der Waals surface area contributed by atoms with Gasteiger partial charge in [0.05, 0.1) is 0 Å². The maximum Gasteiger partial charge on any atom is 0.248 e. The Bertz CT molecular complexity index is 1290. The number of primary amides is 1. The third kappa shape index (κ3) is 4.82. The van der Waals surface area contributed by atoms with Gasteiger partial charge in [0.1, 0.15) is 30.0 Å². The van der Waals surface area contributed by atoms with Gasteiger partial charge in [-0.15, -0.1) is 0 Å². The van der Waals surface area contributed by atoms with Crippen molar-refractivity contribution in [1.29, 1.82) is 0 Å². The second-order valence-electron chi connectivity index (χ2n) is 9.61. The Hall–Kier alpha value is -3.77. The van der Waals surface area contributed by atoms with E-state index in [4.69, 9.17) is 15.2 Å². The topological polar surface area (TPSA) is 85.0 Å². The fourth-order valence-electron chi connectivity index (χ4n) is 5.03. The molecule has 3 aromatic carbocycles. The zero-order valence-corrected chi connectivity index (χ0v) is 20.7. The van der Waals surface area contributed by atoms with Gasteiger partial charge in [0.25, 0.3) is 0 Å². The lowest BCUT2D eigenvalue weighted by Gasteiger charge is -2.38. The second kappa shape index (κ2) is 10.1. The molecule has 1 amide bonds. The van der Waals surface area contributed by atoms with E-state index in [2.05, 4.69) is 11.8 Å². The van der Waals surface area contributed by atoms with E-state index in [0.29, 0.717) is 17.9 Å². The summed E-state index contributed by atoms with van der Waals surface area (Å²) < 4.78 is 12.5. The molecule has 1 saturated heterocycles. The second-order valence-corrected chi connectivity index (χ2v) is 9.61. The number of hydrogen-bond donors (Lipinski definition) is 2. The Morgan fingerprint density at radius 2 is 1.89 bits per heavy atom. The lowest BCUT2D eigenvalue weighted by molar-refractivity contribution is 0.0806. The lowest BCUT2D eigenvalue weighted by atomic mass is 9.85. The van der Waals surface area contributed by atoms with Crippen LogP contribution in [0.2, 0.25) is 0 Å². The first-order chi connectivity index (χ1) is 17.4. The molecule has 0 aliphatic carbocycles. The molecule has 2 heterocycles. The summed E-state index contributed by atoms with van der Waals surface area (Å²) in [5, 5.41) is 10.1. The third-order valence-electron chi connectivity index (χ3n) is 7.21. The number of rotatable bonds is 8. The van der Waals surface area contributed by atoms with E-state index in [1.807, 2.05) is 43.3 Å². The minimum Gasteiger partial charge on any atom is -0.508 e. The van der Waals surface area contributed by atoms with Crippen LogP contribution in [0.15, 0.2) is 66.7 Å². The van der Waals surface area contributed by atoms with Gasteiger partial charge < -0.3 is 20.3 Å². The van der Waals surface area contributed by atoms with Crippen LogP contribution in [0.25, 0.3) is 11.1 Å². The highest BCUT2D eigenvalue weighted by molar-refractivity contribution is 5.98. The van der Waals surface area contributed by atoms with Crippen molar-refractivity contribution in [2.75, 3.05) is 26.2 Å². The summed E-state index contributed by atoms with van der Waals surface area (Å²) in [5.41, 5.74) is 10.5. The van der Waals surface area contributed by atoms with Crippen LogP contribution >= 0.6 is 0 Å². The maximum atomic E-state index is 11.9. The highest BCUT2D eigenvalue weighted by atomic mass is 16.5. The Balaban J connectivity index is 1.41. The fourth-order valence-corrected chi connectivity index (χ4v) is 5.03. The van der Waals surface area contributed by atoms with Crippen molar-refractivity contribution >= 4 is 17.1 Å². The van der Waals surface area contributed by atoms with Gasteiger partial charge in [-0.05, 0) is 72.0 Å². The van der Waals surface area contributed by atoms with Crippen LogP contribution in [0.3, 0.4) is 0 Å². The van der Waals surface area contributed by atoms with E-state index < -0.39 is 12.0 Å². The number of benzene rings is 3. The number of likely N-dealkylation sites (tertiary alicyclic amines) is 1. The lowest BCUT2D eigenvalue weighted by Crippen LogP contribution is -2.47. The van der Waals surface area contributed by atoms with Gasteiger partial charge in [0.2, 0.25) is 5.91 Å². The molecule has 1 atom stereocenters. The number of ether oxygens (including phenoxy) is 2. The monoisotopic (exact) mass is 484 g/mol. The summed E-state index contributed by atoms with van der Waals surface area (Å²) in [5.74, 6) is 2.05. The quantitative estimate of drug-likeness (QED) is 0.455. The number of phenols is 1. The van der Waals surface area contributed by atoms with Crippen LogP contribution < -0.4 is 15.2 Å². The predicted molar refractivity (Wildman–Crippen MR) is 141 cm³/mol. The van der Waals surface area contributed by atoms with E-state index in [9.17, 15) is 9.90 Å². The molecule has 2 aliphatic heterocycles. The summed E-state index contributed by atoms with van der Waals surface area (Å²) in [7, 11) is 0. The SMILES string of the molecule is CCC1CN(CCOc2ccc([C@@H]3Oc4ccc(O)cc4C(C)=C3c3cccc(C(N)=O)c3)cc2)C1. The van der Waals surface area contributed by atoms with Crippen LogP contribution in [-0.2, 0) is 0 Å². The molecule has 6 nitrogen and oxygen atoms in total. The van der Waals surface area contributed by atoms with Gasteiger partial charge in [0.15, 0.2) is 0 Å². The van der Waals surface area contributed by atoms with Crippen molar-refractivity contribution in [2.45, 2.75) is 26.4 Å². The Labute approximate surface area is 212 Å². The average Bonchev–Trinajstić information content (AvgIpc) is 2.86. The molecular weight excluding hydrogens is 452 g/mol. The molecule has 36 heavy (non-hydrogen) atoms. The van der Waals surface area contributed by atoms with Crippen LogP contribution in [0, 0.1) is 5.92 Å². The largest absolute Gasteiger partial charge is 0.508 e. The molecule has 0 radical (unpaired) electrons. The standard InChI is InChI=1S/C30H32N2O4/c1-3-20-17-32(18-20)13-14-35-25-10-7-21(8-11-25)29-28(22-5-4-6-23(15-22)30(31)34)19(2)26-16-24(33)9-12-27(26)36-29/h4-12,15-16,20,29,33H,3,13-14,17-18H2,1-2H3,(H2,31,34)/t29-/m0/s1. The molecule has 6 heteroatoms. The van der Waals surface area contributed by atoms with Crippen LogP contribution in [-0.4, -0.2) is 42.2 Å². The van der Waals surface area contributed by atoms with Crippen molar-refractivity contribution in [2.24, 2.45) is 11.7 Å². The van der Waals surface area contributed by atoms with Gasteiger partial charge in [-0.2, -0.15) is 0 Å². The third-order valence-corrected chi connectivity index (χ3v) is 7.21. The van der Waals surface area contributed by atoms with Gasteiger partial charge in [-0.3, -0.25) is 9.69 Å². The molecule has 3 aromatic rings. The number of aromatic hydroxyl groups is 1. The molecule has 0 spiro atoms.